The highest BCUT2D eigenvalue weighted by atomic mass is 19.2. The molecule has 174 valence electrons. The van der Waals surface area contributed by atoms with Gasteiger partial charge in [-0.1, -0.05) is 13.8 Å². The van der Waals surface area contributed by atoms with Gasteiger partial charge in [-0.05, 0) is 42.5 Å². The predicted octanol–water partition coefficient (Wildman–Crippen LogP) is 5.69. The second-order valence-corrected chi connectivity index (χ2v) is 9.54. The first-order valence-electron chi connectivity index (χ1n) is 10.9. The first-order valence-corrected chi connectivity index (χ1v) is 10.9. The van der Waals surface area contributed by atoms with Gasteiger partial charge >= 0.3 is 5.97 Å². The number of nitrogens with zero attached hydrogens (tertiary/aromatic N) is 3. The van der Waals surface area contributed by atoms with Gasteiger partial charge < -0.3 is 9.67 Å². The summed E-state index contributed by atoms with van der Waals surface area (Å²) in [5.41, 5.74) is 1.30. The second-order valence-electron chi connectivity index (χ2n) is 9.54. The van der Waals surface area contributed by atoms with E-state index in [-0.39, 0.29) is 28.9 Å². The number of halogens is 3. The number of carboxylic acids is 1. The number of hydrogen-bond donors (Lipinski definition) is 2. The number of aliphatic carboxylic acids is 1. The minimum absolute atomic E-state index is 0.0795. The lowest BCUT2D eigenvalue weighted by Crippen LogP contribution is -2.31. The van der Waals surface area contributed by atoms with E-state index in [1.54, 1.807) is 10.6 Å². The Kier molecular flexibility index (Phi) is 4.93. The summed E-state index contributed by atoms with van der Waals surface area (Å²) in [4.78, 5) is 11.5. The standard InChI is InChI=1S/C25H21F3N4O2/c1-25(2,5-6-29)23-19(12-7-13(8-12)24(33)34)20-18(9-14-11-30-31-22(14)21(20)28)32(23)15-3-4-16(26)17(27)10-15/h3-4,9-13H,5,7-8H2,1-2H3,(H,30,31)(H,33,34)/t12-,13-. The van der Waals surface area contributed by atoms with Crippen molar-refractivity contribution < 1.29 is 23.1 Å². The molecule has 1 fully saturated rings. The van der Waals surface area contributed by atoms with Gasteiger partial charge in [-0.25, -0.2) is 13.2 Å². The fraction of sp³-hybridized carbons (Fsp3) is 0.320. The van der Waals surface area contributed by atoms with Crippen molar-refractivity contribution in [2.75, 3.05) is 0 Å². The smallest absolute Gasteiger partial charge is 0.306 e. The van der Waals surface area contributed by atoms with Crippen LogP contribution in [0.3, 0.4) is 0 Å². The Balaban J connectivity index is 1.92. The van der Waals surface area contributed by atoms with Crippen molar-refractivity contribution in [1.29, 1.82) is 5.26 Å². The fourth-order valence-electron chi connectivity index (χ4n) is 5.12. The van der Waals surface area contributed by atoms with Crippen LogP contribution < -0.4 is 0 Å². The molecule has 1 aliphatic rings. The van der Waals surface area contributed by atoms with E-state index in [1.165, 1.54) is 12.3 Å². The molecule has 0 unspecified atom stereocenters. The number of nitriles is 1. The number of carboxylic acid groups (broad SMARTS) is 1. The summed E-state index contributed by atoms with van der Waals surface area (Å²) in [6.07, 6.45) is 2.20. The van der Waals surface area contributed by atoms with Crippen LogP contribution in [0.15, 0.2) is 30.5 Å². The molecule has 0 radical (unpaired) electrons. The SMILES string of the molecule is CC(C)(CC#N)c1c([C@H]2C[C@H](C(=O)O)C2)c2c(F)c3[nH]ncc3cc2n1-c1ccc(F)c(F)c1. The van der Waals surface area contributed by atoms with E-state index >= 15 is 4.39 Å². The summed E-state index contributed by atoms with van der Waals surface area (Å²) in [7, 11) is 0. The van der Waals surface area contributed by atoms with Crippen LogP contribution in [0.25, 0.3) is 27.5 Å². The number of fused-ring (bicyclic) bond motifs is 2. The van der Waals surface area contributed by atoms with Gasteiger partial charge in [0, 0.05) is 40.1 Å². The topological polar surface area (TPSA) is 94.7 Å². The second kappa shape index (κ2) is 7.62. The van der Waals surface area contributed by atoms with E-state index in [9.17, 15) is 23.9 Å². The largest absolute Gasteiger partial charge is 0.481 e. The number of carbonyl (C=O) groups is 1. The minimum atomic E-state index is -1.05. The molecule has 4 aromatic rings. The van der Waals surface area contributed by atoms with Crippen LogP contribution in [0.1, 0.15) is 50.3 Å². The van der Waals surface area contributed by atoms with Crippen LogP contribution in [0.5, 0.6) is 0 Å². The lowest BCUT2D eigenvalue weighted by atomic mass is 9.68. The van der Waals surface area contributed by atoms with E-state index in [4.69, 9.17) is 0 Å². The lowest BCUT2D eigenvalue weighted by molar-refractivity contribution is -0.145. The van der Waals surface area contributed by atoms with E-state index in [1.807, 2.05) is 13.8 Å². The summed E-state index contributed by atoms with van der Waals surface area (Å²) in [6, 6.07) is 7.35. The summed E-state index contributed by atoms with van der Waals surface area (Å²) in [6.45, 7) is 3.67. The molecule has 2 heterocycles. The number of H-pyrrole nitrogens is 1. The molecule has 0 atom stereocenters. The fourth-order valence-corrected chi connectivity index (χ4v) is 5.12. The maximum atomic E-state index is 16.0. The maximum absolute atomic E-state index is 16.0. The van der Waals surface area contributed by atoms with Crippen LogP contribution in [0.4, 0.5) is 13.2 Å². The van der Waals surface area contributed by atoms with Gasteiger partial charge in [-0.2, -0.15) is 10.4 Å². The van der Waals surface area contributed by atoms with E-state index in [2.05, 4.69) is 16.3 Å². The average Bonchev–Trinajstić information content (AvgIpc) is 3.33. The first-order chi connectivity index (χ1) is 16.1. The Hall–Kier alpha value is -3.80. The molecule has 0 bridgehead atoms. The number of aromatic nitrogens is 3. The van der Waals surface area contributed by atoms with E-state index < -0.39 is 34.8 Å². The van der Waals surface area contributed by atoms with Crippen molar-refractivity contribution >= 4 is 27.8 Å². The Labute approximate surface area is 192 Å². The third-order valence-corrected chi connectivity index (χ3v) is 6.86. The molecular weight excluding hydrogens is 445 g/mol. The van der Waals surface area contributed by atoms with Gasteiger partial charge in [0.15, 0.2) is 17.5 Å². The van der Waals surface area contributed by atoms with Crippen LogP contribution in [0, 0.1) is 34.7 Å². The summed E-state index contributed by atoms with van der Waals surface area (Å²) in [5, 5.41) is 26.3. The summed E-state index contributed by atoms with van der Waals surface area (Å²) < 4.78 is 45.7. The highest BCUT2D eigenvalue weighted by Crippen LogP contribution is 2.51. The molecule has 0 amide bonds. The number of rotatable bonds is 5. The van der Waals surface area contributed by atoms with Crippen molar-refractivity contribution in [1.82, 2.24) is 14.8 Å². The molecule has 1 saturated carbocycles. The Morgan fingerprint density at radius 2 is 2.00 bits per heavy atom. The van der Waals surface area contributed by atoms with E-state index in [0.29, 0.717) is 35.0 Å². The highest BCUT2D eigenvalue weighted by Gasteiger charge is 2.42. The zero-order valence-electron chi connectivity index (χ0n) is 18.5. The van der Waals surface area contributed by atoms with Gasteiger partial charge in [0.25, 0.3) is 0 Å². The zero-order valence-corrected chi connectivity index (χ0v) is 18.5. The van der Waals surface area contributed by atoms with Crippen LogP contribution in [0.2, 0.25) is 0 Å². The molecule has 34 heavy (non-hydrogen) atoms. The first kappa shape index (κ1) is 22.0. The molecule has 9 heteroatoms. The Morgan fingerprint density at radius 1 is 1.26 bits per heavy atom. The molecule has 2 aromatic carbocycles. The normalized spacial score (nSPS) is 18.2. The molecule has 2 N–H and O–H groups in total. The molecule has 5 rings (SSSR count). The minimum Gasteiger partial charge on any atom is -0.481 e. The number of benzene rings is 2. The Morgan fingerprint density at radius 3 is 2.65 bits per heavy atom. The van der Waals surface area contributed by atoms with Crippen LogP contribution >= 0.6 is 0 Å². The third kappa shape index (κ3) is 3.16. The lowest BCUT2D eigenvalue weighted by Gasteiger charge is -2.36. The Bertz CT molecular complexity index is 1510. The molecular formula is C25H21F3N4O2. The molecule has 2 aromatic heterocycles. The van der Waals surface area contributed by atoms with Crippen molar-refractivity contribution in [2.24, 2.45) is 5.92 Å². The van der Waals surface area contributed by atoms with Crippen molar-refractivity contribution in [3.8, 4) is 11.8 Å². The van der Waals surface area contributed by atoms with Crippen molar-refractivity contribution in [2.45, 2.75) is 44.4 Å². The van der Waals surface area contributed by atoms with Gasteiger partial charge in [-0.15, -0.1) is 0 Å². The van der Waals surface area contributed by atoms with Crippen LogP contribution in [-0.4, -0.2) is 25.8 Å². The van der Waals surface area contributed by atoms with Crippen LogP contribution in [-0.2, 0) is 10.2 Å². The molecule has 6 nitrogen and oxygen atoms in total. The summed E-state index contributed by atoms with van der Waals surface area (Å²) >= 11 is 0. The molecule has 0 spiro atoms. The molecule has 0 saturated heterocycles. The number of nitrogens with one attached hydrogen (secondary N) is 1. The average molecular weight is 466 g/mol. The summed E-state index contributed by atoms with van der Waals surface area (Å²) in [5.74, 6) is -4.33. The van der Waals surface area contributed by atoms with Gasteiger partial charge in [0.1, 0.15) is 5.52 Å². The van der Waals surface area contributed by atoms with Crippen molar-refractivity contribution in [3.63, 3.8) is 0 Å². The maximum Gasteiger partial charge on any atom is 0.306 e. The highest BCUT2D eigenvalue weighted by molar-refractivity contribution is 6.00. The predicted molar refractivity (Wildman–Crippen MR) is 119 cm³/mol. The quantitative estimate of drug-likeness (QED) is 0.395. The van der Waals surface area contributed by atoms with E-state index in [0.717, 1.165) is 12.1 Å². The molecule has 1 aliphatic carbocycles. The van der Waals surface area contributed by atoms with Gasteiger partial charge in [0.05, 0.1) is 23.7 Å². The monoisotopic (exact) mass is 466 g/mol. The van der Waals surface area contributed by atoms with Gasteiger partial charge in [-0.3, -0.25) is 9.89 Å². The number of aromatic amines is 1. The number of hydrogen-bond acceptors (Lipinski definition) is 3. The third-order valence-electron chi connectivity index (χ3n) is 6.86. The van der Waals surface area contributed by atoms with Gasteiger partial charge in [0.2, 0.25) is 0 Å². The molecule has 0 aliphatic heterocycles. The van der Waals surface area contributed by atoms with Crippen molar-refractivity contribution in [3.05, 3.63) is 59.2 Å². The zero-order chi connectivity index (χ0) is 24.4.